The zero-order chi connectivity index (χ0) is 16.7. The maximum atomic E-state index is 11.2. The van der Waals surface area contributed by atoms with Crippen molar-refractivity contribution in [2.75, 3.05) is 7.04 Å². The fourth-order valence-electron chi connectivity index (χ4n) is 2.34. The van der Waals surface area contributed by atoms with E-state index in [0.29, 0.717) is 0 Å². The largest absolute Gasteiger partial charge is 0.469 e. The minimum Gasteiger partial charge on any atom is -0.469 e. The summed E-state index contributed by atoms with van der Waals surface area (Å²) >= 11 is 0. The van der Waals surface area contributed by atoms with Crippen molar-refractivity contribution in [3.8, 4) is 0 Å². The van der Waals surface area contributed by atoms with Crippen molar-refractivity contribution in [2.24, 2.45) is 0 Å². The van der Waals surface area contributed by atoms with Gasteiger partial charge in [-0.3, -0.25) is 4.79 Å². The highest BCUT2D eigenvalue weighted by Crippen LogP contribution is 2.12. The molecule has 0 aromatic heterocycles. The maximum Gasteiger partial charge on any atom is 0.305 e. The minimum atomic E-state index is -2.59. The molecule has 0 aliphatic heterocycles. The molecule has 19 heavy (non-hydrogen) atoms. The molecule has 0 spiro atoms. The molecule has 0 saturated heterocycles. The first kappa shape index (κ1) is 13.5. The second-order valence-corrected chi connectivity index (χ2v) is 5.47. The molecule has 0 amide bonds. The van der Waals surface area contributed by atoms with Gasteiger partial charge in [-0.1, -0.05) is 84.0 Å². The van der Waals surface area contributed by atoms with Crippen molar-refractivity contribution >= 4 is 5.97 Å². The number of carbonyl (C=O) groups is 1. The second kappa shape index (κ2) is 15.5. The van der Waals surface area contributed by atoms with Gasteiger partial charge < -0.3 is 4.74 Å². The number of esters is 1. The van der Waals surface area contributed by atoms with Crippen LogP contribution in [-0.4, -0.2) is 13.0 Å². The molecule has 2 heteroatoms. The predicted octanol–water partition coefficient (Wildman–Crippen LogP) is 5.64. The van der Waals surface area contributed by atoms with E-state index < -0.39 is 13.0 Å². The first-order valence-electron chi connectivity index (χ1n) is 9.67. The van der Waals surface area contributed by atoms with Gasteiger partial charge in [0.15, 0.2) is 0 Å². The van der Waals surface area contributed by atoms with Crippen molar-refractivity contribution < 1.29 is 13.6 Å². The average molecular weight is 273 g/mol. The van der Waals surface area contributed by atoms with Crippen LogP contribution < -0.4 is 0 Å². The van der Waals surface area contributed by atoms with Crippen LogP contribution in [-0.2, 0) is 9.53 Å². The van der Waals surface area contributed by atoms with Crippen LogP contribution in [0.3, 0.4) is 0 Å². The number of hydrogen-bond acceptors (Lipinski definition) is 2. The van der Waals surface area contributed by atoms with Gasteiger partial charge >= 0.3 is 5.97 Å². The van der Waals surface area contributed by atoms with E-state index in [0.717, 1.165) is 19.3 Å². The average Bonchev–Trinajstić information content (AvgIpc) is 2.42. The van der Waals surface area contributed by atoms with Crippen LogP contribution in [0.15, 0.2) is 0 Å². The number of hydrogen-bond donors (Lipinski definition) is 0. The fraction of sp³-hybridized carbons (Fsp3) is 0.941. The van der Waals surface area contributed by atoms with E-state index in [2.05, 4.69) is 11.7 Å². The molecule has 114 valence electrons. The molecule has 0 unspecified atom stereocenters. The van der Waals surface area contributed by atoms with Crippen LogP contribution >= 0.6 is 0 Å². The highest BCUT2D eigenvalue weighted by Gasteiger charge is 1.99. The number of carbonyl (C=O) groups excluding carboxylic acids is 1. The second-order valence-electron chi connectivity index (χ2n) is 5.47. The van der Waals surface area contributed by atoms with Gasteiger partial charge in [-0.15, -0.1) is 0 Å². The van der Waals surface area contributed by atoms with Crippen molar-refractivity contribution in [2.45, 2.75) is 96.8 Å². The van der Waals surface area contributed by atoms with E-state index in [-0.39, 0.29) is 6.42 Å². The molecule has 2 nitrogen and oxygen atoms in total. The summed E-state index contributed by atoms with van der Waals surface area (Å²) in [6, 6.07) is 0. The van der Waals surface area contributed by atoms with Gasteiger partial charge in [0.25, 0.3) is 0 Å². The van der Waals surface area contributed by atoms with E-state index in [9.17, 15) is 4.79 Å². The third kappa shape index (κ3) is 15.4. The Kier molecular flexibility index (Phi) is 11.0. The van der Waals surface area contributed by atoms with E-state index >= 15 is 0 Å². The lowest BCUT2D eigenvalue weighted by molar-refractivity contribution is -0.140. The Balaban J connectivity index is 3.16. The van der Waals surface area contributed by atoms with Crippen LogP contribution in [0.2, 0.25) is 0 Å². The van der Waals surface area contributed by atoms with Crippen molar-refractivity contribution in [3.05, 3.63) is 0 Å². The van der Waals surface area contributed by atoms with Crippen molar-refractivity contribution in [3.63, 3.8) is 0 Å². The van der Waals surface area contributed by atoms with Gasteiger partial charge in [0.05, 0.1) is 11.2 Å². The maximum absolute atomic E-state index is 11.2. The monoisotopic (exact) mass is 273 g/mol. The minimum absolute atomic E-state index is 0.218. The predicted molar refractivity (Wildman–Crippen MR) is 82.3 cm³/mol. The Morgan fingerprint density at radius 1 is 0.789 bits per heavy atom. The van der Waals surface area contributed by atoms with Crippen molar-refractivity contribution in [1.29, 1.82) is 0 Å². The number of methoxy groups -OCH3 is 1. The standard InChI is InChI=1S/C17H34O2/c1-3-4-5-6-7-8-9-10-11-12-13-14-15-16-17(18)19-2/h3-16H2,1-2H3/i2D3. The fourth-order valence-corrected chi connectivity index (χ4v) is 2.34. The molecule has 0 bridgehead atoms. The molecule has 0 radical (unpaired) electrons. The quantitative estimate of drug-likeness (QED) is 0.302. The van der Waals surface area contributed by atoms with Crippen LogP contribution in [0.25, 0.3) is 0 Å². The Morgan fingerprint density at radius 2 is 1.21 bits per heavy atom. The summed E-state index contributed by atoms with van der Waals surface area (Å²) in [7, 11) is -2.59. The van der Waals surface area contributed by atoms with Crippen LogP contribution in [0.5, 0.6) is 0 Å². The summed E-state index contributed by atoms with van der Waals surface area (Å²) in [5, 5.41) is 0. The highest BCUT2D eigenvalue weighted by atomic mass is 16.5. The van der Waals surface area contributed by atoms with E-state index in [1.807, 2.05) is 0 Å². The summed E-state index contributed by atoms with van der Waals surface area (Å²) in [5.41, 5.74) is 0. The molecular formula is C17H34O2. The molecule has 0 heterocycles. The summed E-state index contributed by atoms with van der Waals surface area (Å²) < 4.78 is 24.8. The summed E-state index contributed by atoms with van der Waals surface area (Å²) in [6.45, 7) is 2.25. The van der Waals surface area contributed by atoms with Gasteiger partial charge in [-0.2, -0.15) is 0 Å². The molecule has 0 fully saturated rings. The summed E-state index contributed by atoms with van der Waals surface area (Å²) in [5.74, 6) is -0.608. The van der Waals surface area contributed by atoms with E-state index in [4.69, 9.17) is 4.11 Å². The highest BCUT2D eigenvalue weighted by molar-refractivity contribution is 5.68. The molecule has 0 aliphatic rings. The summed E-state index contributed by atoms with van der Waals surface area (Å²) in [6.07, 6.45) is 16.4. The van der Waals surface area contributed by atoms with Gasteiger partial charge in [-0.05, 0) is 6.42 Å². The molecular weight excluding hydrogens is 236 g/mol. The Hall–Kier alpha value is -0.530. The van der Waals surface area contributed by atoms with E-state index in [1.54, 1.807) is 0 Å². The topological polar surface area (TPSA) is 26.3 Å². The lowest BCUT2D eigenvalue weighted by atomic mass is 10.0. The molecule has 0 atom stereocenters. The first-order valence-corrected chi connectivity index (χ1v) is 8.17. The number of unbranched alkanes of at least 4 members (excludes halogenated alkanes) is 12. The van der Waals surface area contributed by atoms with Crippen LogP contribution in [0.1, 0.15) is 101 Å². The molecule has 0 rings (SSSR count). The normalized spacial score (nSPS) is 13.6. The first-order chi connectivity index (χ1) is 10.5. The molecule has 0 aromatic carbocycles. The Labute approximate surface area is 124 Å². The zero-order valence-corrected chi connectivity index (χ0v) is 12.7. The molecule has 0 aliphatic carbocycles. The summed E-state index contributed by atoms with van der Waals surface area (Å²) in [4.78, 5) is 11.2. The zero-order valence-electron chi connectivity index (χ0n) is 15.7. The Bertz CT molecular complexity index is 265. The lowest BCUT2D eigenvalue weighted by Gasteiger charge is -2.03. The molecule has 0 aromatic rings. The number of ether oxygens (including phenoxy) is 1. The van der Waals surface area contributed by atoms with Gasteiger partial charge in [0.1, 0.15) is 0 Å². The SMILES string of the molecule is [2H]C([2H])([2H])OC(=O)CCCCCCCCCCCCCCC. The van der Waals surface area contributed by atoms with Crippen molar-refractivity contribution in [1.82, 2.24) is 0 Å². The van der Waals surface area contributed by atoms with Crippen LogP contribution in [0, 0.1) is 0 Å². The Morgan fingerprint density at radius 3 is 1.63 bits per heavy atom. The third-order valence-electron chi connectivity index (χ3n) is 3.60. The third-order valence-corrected chi connectivity index (χ3v) is 3.60. The van der Waals surface area contributed by atoms with Gasteiger partial charge in [0.2, 0.25) is 0 Å². The van der Waals surface area contributed by atoms with Gasteiger partial charge in [-0.25, -0.2) is 0 Å². The number of rotatable bonds is 14. The van der Waals surface area contributed by atoms with E-state index in [1.165, 1.54) is 64.2 Å². The molecule has 0 saturated carbocycles. The smallest absolute Gasteiger partial charge is 0.305 e. The lowest BCUT2D eigenvalue weighted by Crippen LogP contribution is -1.99. The van der Waals surface area contributed by atoms with Crippen LogP contribution in [0.4, 0.5) is 0 Å². The molecule has 0 N–H and O–H groups in total. The van der Waals surface area contributed by atoms with Gasteiger partial charge in [0, 0.05) is 6.42 Å².